The highest BCUT2D eigenvalue weighted by molar-refractivity contribution is 6.00. The van der Waals surface area contributed by atoms with Gasteiger partial charge in [0.2, 0.25) is 5.91 Å². The number of ether oxygens (including phenoxy) is 1. The molecule has 0 radical (unpaired) electrons. The van der Waals surface area contributed by atoms with Crippen molar-refractivity contribution in [1.29, 1.82) is 5.26 Å². The van der Waals surface area contributed by atoms with Gasteiger partial charge in [-0.2, -0.15) is 5.26 Å². The van der Waals surface area contributed by atoms with Crippen molar-refractivity contribution in [1.82, 2.24) is 0 Å². The first kappa shape index (κ1) is 22.9. The predicted octanol–water partition coefficient (Wildman–Crippen LogP) is 3.23. The van der Waals surface area contributed by atoms with Crippen molar-refractivity contribution in [3.63, 3.8) is 0 Å². The Morgan fingerprint density at radius 2 is 1.88 bits per heavy atom. The molecule has 2 amide bonds. The molecule has 1 atom stereocenters. The van der Waals surface area contributed by atoms with Gasteiger partial charge in [-0.15, -0.1) is 0 Å². The molecule has 166 valence electrons. The number of anilines is 2. The topological polar surface area (TPSA) is 90.7 Å². The van der Waals surface area contributed by atoms with E-state index < -0.39 is 30.2 Å². The molecule has 0 aromatic heterocycles. The lowest BCUT2D eigenvalue weighted by Crippen LogP contribution is -2.36. The molecule has 1 fully saturated rings. The Bertz CT molecular complexity index is 1020. The molecule has 32 heavy (non-hydrogen) atoms. The Labute approximate surface area is 186 Å². The van der Waals surface area contributed by atoms with E-state index in [0.29, 0.717) is 5.69 Å². The van der Waals surface area contributed by atoms with Crippen LogP contribution in [0.2, 0.25) is 0 Å². The Balaban J connectivity index is 1.59. The Kier molecular flexibility index (Phi) is 7.55. The molecule has 2 aromatic carbocycles. The van der Waals surface area contributed by atoms with Crippen LogP contribution in [0.1, 0.15) is 25.3 Å². The number of nitrogens with zero attached hydrogens (tertiary/aromatic N) is 3. The van der Waals surface area contributed by atoms with Crippen molar-refractivity contribution in [2.75, 3.05) is 29.5 Å². The average Bonchev–Trinajstić information content (AvgIpc) is 3.20. The molecule has 1 aliphatic rings. The minimum Gasteiger partial charge on any atom is -0.455 e. The maximum atomic E-state index is 13.2. The summed E-state index contributed by atoms with van der Waals surface area (Å²) in [7, 11) is 0. The zero-order valence-electron chi connectivity index (χ0n) is 17.8. The zero-order chi connectivity index (χ0) is 23.1. The third-order valence-corrected chi connectivity index (χ3v) is 5.34. The van der Waals surface area contributed by atoms with E-state index in [1.165, 1.54) is 29.2 Å². The molecule has 0 aliphatic carbocycles. The smallest absolute Gasteiger partial charge is 0.311 e. The third-order valence-electron chi connectivity index (χ3n) is 5.34. The monoisotopic (exact) mass is 437 g/mol. The number of hydrogen-bond acceptors (Lipinski definition) is 5. The van der Waals surface area contributed by atoms with Gasteiger partial charge in [-0.1, -0.05) is 19.1 Å². The summed E-state index contributed by atoms with van der Waals surface area (Å²) in [4.78, 5) is 40.4. The van der Waals surface area contributed by atoms with Crippen LogP contribution < -0.4 is 9.80 Å². The van der Waals surface area contributed by atoms with Gasteiger partial charge in [0.05, 0.1) is 18.4 Å². The van der Waals surface area contributed by atoms with E-state index in [-0.39, 0.29) is 31.8 Å². The zero-order valence-corrected chi connectivity index (χ0v) is 17.8. The summed E-state index contributed by atoms with van der Waals surface area (Å²) in [5, 5.41) is 8.85. The number of halogens is 1. The van der Waals surface area contributed by atoms with Gasteiger partial charge in [0.15, 0.2) is 6.61 Å². The number of carbonyl (C=O) groups is 3. The van der Waals surface area contributed by atoms with Gasteiger partial charge in [0.25, 0.3) is 5.91 Å². The van der Waals surface area contributed by atoms with E-state index in [1.807, 2.05) is 37.3 Å². The molecule has 7 nitrogen and oxygen atoms in total. The van der Waals surface area contributed by atoms with Crippen LogP contribution in [0, 0.1) is 23.1 Å². The molecular formula is C24H24FN3O4. The highest BCUT2D eigenvalue weighted by atomic mass is 19.1. The maximum Gasteiger partial charge on any atom is 0.311 e. The molecule has 8 heteroatoms. The van der Waals surface area contributed by atoms with Gasteiger partial charge in [-0.05, 0) is 48.4 Å². The fourth-order valence-corrected chi connectivity index (χ4v) is 3.54. The van der Waals surface area contributed by atoms with Crippen molar-refractivity contribution in [2.45, 2.75) is 26.2 Å². The van der Waals surface area contributed by atoms with Crippen LogP contribution in [0.5, 0.6) is 0 Å². The number of nitriles is 1. The van der Waals surface area contributed by atoms with Crippen molar-refractivity contribution in [3.05, 3.63) is 59.9 Å². The van der Waals surface area contributed by atoms with Crippen LogP contribution in [0.25, 0.3) is 0 Å². The van der Waals surface area contributed by atoms with Crippen LogP contribution in [-0.2, 0) is 25.5 Å². The van der Waals surface area contributed by atoms with Crippen LogP contribution in [0.4, 0.5) is 15.8 Å². The quantitative estimate of drug-likeness (QED) is 0.592. The molecule has 1 unspecified atom stereocenters. The van der Waals surface area contributed by atoms with E-state index in [9.17, 15) is 18.8 Å². The van der Waals surface area contributed by atoms with Gasteiger partial charge in [0.1, 0.15) is 5.82 Å². The molecule has 0 saturated carbocycles. The number of rotatable bonds is 8. The van der Waals surface area contributed by atoms with Crippen molar-refractivity contribution in [3.8, 4) is 6.07 Å². The lowest BCUT2D eigenvalue weighted by molar-refractivity contribution is -0.151. The van der Waals surface area contributed by atoms with E-state index in [0.717, 1.165) is 17.7 Å². The maximum absolute atomic E-state index is 13.2. The second-order valence-corrected chi connectivity index (χ2v) is 7.46. The molecular weight excluding hydrogens is 413 g/mol. The standard InChI is InChI=1S/C24H24FN3O4/c1-2-17-4-8-21(9-5-17)28-15-18(14-22(28)29)24(31)32-16-23(30)27(13-3-12-26)20-10-6-19(25)7-11-20/h4-11,18H,2-3,13-16H2,1H3. The minimum atomic E-state index is -0.667. The first-order valence-corrected chi connectivity index (χ1v) is 10.4. The van der Waals surface area contributed by atoms with Gasteiger partial charge < -0.3 is 14.5 Å². The van der Waals surface area contributed by atoms with Gasteiger partial charge >= 0.3 is 5.97 Å². The van der Waals surface area contributed by atoms with Crippen LogP contribution in [0.3, 0.4) is 0 Å². The lowest BCUT2D eigenvalue weighted by Gasteiger charge is -2.22. The Hall–Kier alpha value is -3.73. The molecule has 2 aromatic rings. The summed E-state index contributed by atoms with van der Waals surface area (Å²) in [5.41, 5.74) is 2.27. The summed E-state index contributed by atoms with van der Waals surface area (Å²) >= 11 is 0. The van der Waals surface area contributed by atoms with Gasteiger partial charge in [-0.25, -0.2) is 4.39 Å². The van der Waals surface area contributed by atoms with Gasteiger partial charge in [0, 0.05) is 30.9 Å². The van der Waals surface area contributed by atoms with Crippen LogP contribution in [-0.4, -0.2) is 37.5 Å². The third kappa shape index (κ3) is 5.49. The van der Waals surface area contributed by atoms with Crippen LogP contribution >= 0.6 is 0 Å². The summed E-state index contributed by atoms with van der Waals surface area (Å²) in [6, 6.07) is 14.8. The molecule has 1 heterocycles. The van der Waals surface area contributed by atoms with E-state index in [4.69, 9.17) is 10.00 Å². The van der Waals surface area contributed by atoms with E-state index in [1.54, 1.807) is 4.90 Å². The van der Waals surface area contributed by atoms with E-state index in [2.05, 4.69) is 0 Å². The van der Waals surface area contributed by atoms with E-state index >= 15 is 0 Å². The number of esters is 1. The number of amides is 2. The Morgan fingerprint density at radius 3 is 2.50 bits per heavy atom. The first-order valence-electron chi connectivity index (χ1n) is 10.4. The minimum absolute atomic E-state index is 0.0126. The van der Waals surface area contributed by atoms with Crippen molar-refractivity contribution in [2.24, 2.45) is 5.92 Å². The average molecular weight is 437 g/mol. The van der Waals surface area contributed by atoms with Crippen molar-refractivity contribution >= 4 is 29.2 Å². The van der Waals surface area contributed by atoms with Gasteiger partial charge in [-0.3, -0.25) is 14.4 Å². The number of benzene rings is 2. The highest BCUT2D eigenvalue weighted by Gasteiger charge is 2.36. The SMILES string of the molecule is CCc1ccc(N2CC(C(=O)OCC(=O)N(CCC#N)c3ccc(F)cc3)CC2=O)cc1. The lowest BCUT2D eigenvalue weighted by atomic mass is 10.1. The second kappa shape index (κ2) is 10.5. The normalized spacial score (nSPS) is 15.3. The fourth-order valence-electron chi connectivity index (χ4n) is 3.54. The summed E-state index contributed by atoms with van der Waals surface area (Å²) < 4.78 is 18.4. The van der Waals surface area contributed by atoms with Crippen molar-refractivity contribution < 1.29 is 23.5 Å². The highest BCUT2D eigenvalue weighted by Crippen LogP contribution is 2.26. The predicted molar refractivity (Wildman–Crippen MR) is 116 cm³/mol. The second-order valence-electron chi connectivity index (χ2n) is 7.46. The fraction of sp³-hybridized carbons (Fsp3) is 0.333. The summed E-state index contributed by atoms with van der Waals surface area (Å²) in [5.74, 6) is -2.45. The first-order chi connectivity index (χ1) is 15.4. The summed E-state index contributed by atoms with van der Waals surface area (Å²) in [6.07, 6.45) is 0.971. The number of hydrogen-bond donors (Lipinski definition) is 0. The number of carbonyl (C=O) groups excluding carboxylic acids is 3. The molecule has 0 spiro atoms. The summed E-state index contributed by atoms with van der Waals surface area (Å²) in [6.45, 7) is 1.79. The van der Waals surface area contributed by atoms with Crippen LogP contribution in [0.15, 0.2) is 48.5 Å². The number of aryl methyl sites for hydroxylation is 1. The molecule has 0 bridgehead atoms. The molecule has 1 aliphatic heterocycles. The molecule has 3 rings (SSSR count). The molecule has 0 N–H and O–H groups in total. The Morgan fingerprint density at radius 1 is 1.19 bits per heavy atom. The largest absolute Gasteiger partial charge is 0.455 e. The molecule has 1 saturated heterocycles.